The number of urea groups is 1. The van der Waals surface area contributed by atoms with Gasteiger partial charge in [0.15, 0.2) is 18.1 Å². The third-order valence-corrected chi connectivity index (χ3v) is 3.35. The van der Waals surface area contributed by atoms with Gasteiger partial charge in [-0.3, -0.25) is 9.69 Å². The normalized spacial score (nSPS) is 15.5. The highest BCUT2D eigenvalue weighted by Gasteiger charge is 2.31. The highest BCUT2D eigenvalue weighted by atomic mass is 16.6. The Hall–Kier alpha value is -3.03. The first-order valence-electron chi connectivity index (χ1n) is 7.22. The van der Waals surface area contributed by atoms with Gasteiger partial charge >= 0.3 is 12.0 Å². The number of nitrogens with zero attached hydrogens (tertiary/aromatic N) is 1. The molecule has 8 nitrogen and oxygen atoms in total. The minimum absolute atomic E-state index is 0.187. The van der Waals surface area contributed by atoms with Crippen molar-refractivity contribution in [2.24, 2.45) is 0 Å². The number of rotatable bonds is 6. The molecule has 1 aliphatic rings. The number of methoxy groups -OCH3 is 2. The van der Waals surface area contributed by atoms with Gasteiger partial charge in [-0.25, -0.2) is 9.59 Å². The highest BCUT2D eigenvalue weighted by Crippen LogP contribution is 2.29. The first kappa shape index (κ1) is 17.3. The van der Waals surface area contributed by atoms with Gasteiger partial charge in [-0.1, -0.05) is 6.07 Å². The minimum Gasteiger partial charge on any atom is -0.493 e. The van der Waals surface area contributed by atoms with Crippen LogP contribution in [0, 0.1) is 0 Å². The molecule has 1 fully saturated rings. The monoisotopic (exact) mass is 334 g/mol. The lowest BCUT2D eigenvalue weighted by molar-refractivity contribution is -0.142. The summed E-state index contributed by atoms with van der Waals surface area (Å²) in [5.74, 6) is -0.144. The van der Waals surface area contributed by atoms with E-state index in [0.29, 0.717) is 23.6 Å². The Morgan fingerprint density at radius 2 is 2.00 bits per heavy atom. The number of amides is 3. The lowest BCUT2D eigenvalue weighted by atomic mass is 10.1. The topological polar surface area (TPSA) is 94.2 Å². The van der Waals surface area contributed by atoms with E-state index in [9.17, 15) is 14.4 Å². The van der Waals surface area contributed by atoms with Crippen molar-refractivity contribution < 1.29 is 28.6 Å². The quantitative estimate of drug-likeness (QED) is 0.477. The Labute approximate surface area is 139 Å². The maximum Gasteiger partial charge on any atom is 0.343 e. The summed E-state index contributed by atoms with van der Waals surface area (Å²) in [5, 5.41) is 2.52. The molecule has 0 unspecified atom stereocenters. The molecule has 128 valence electrons. The second kappa shape index (κ2) is 7.49. The smallest absolute Gasteiger partial charge is 0.343 e. The number of carbonyl (C=O) groups excluding carboxylic acids is 3. The van der Waals surface area contributed by atoms with Crippen LogP contribution in [0.1, 0.15) is 12.5 Å². The Balaban J connectivity index is 2.21. The SMILES string of the molecule is CCN1C(=O)N/C(=C/c2ccc(OCC(=O)OC)c(OC)c2)C1=O. The summed E-state index contributed by atoms with van der Waals surface area (Å²) in [6, 6.07) is 4.47. The number of hydrogen-bond donors (Lipinski definition) is 1. The number of carbonyl (C=O) groups is 3. The molecule has 8 heteroatoms. The average Bonchev–Trinajstić information content (AvgIpc) is 2.86. The van der Waals surface area contributed by atoms with Crippen molar-refractivity contribution in [3.8, 4) is 11.5 Å². The molecule has 1 aliphatic heterocycles. The van der Waals surface area contributed by atoms with Crippen LogP contribution >= 0.6 is 0 Å². The Morgan fingerprint density at radius 3 is 2.58 bits per heavy atom. The third kappa shape index (κ3) is 3.65. The van der Waals surface area contributed by atoms with Crippen LogP contribution in [-0.2, 0) is 14.3 Å². The van der Waals surface area contributed by atoms with Crippen LogP contribution in [0.4, 0.5) is 4.79 Å². The predicted molar refractivity (Wildman–Crippen MR) is 84.4 cm³/mol. The second-order valence-electron chi connectivity index (χ2n) is 4.81. The van der Waals surface area contributed by atoms with Crippen molar-refractivity contribution in [1.29, 1.82) is 0 Å². The summed E-state index contributed by atoms with van der Waals surface area (Å²) in [4.78, 5) is 35.9. The van der Waals surface area contributed by atoms with Crippen molar-refractivity contribution in [1.82, 2.24) is 10.2 Å². The van der Waals surface area contributed by atoms with Gasteiger partial charge in [0.1, 0.15) is 5.70 Å². The first-order chi connectivity index (χ1) is 11.5. The zero-order valence-electron chi connectivity index (χ0n) is 13.6. The summed E-state index contributed by atoms with van der Waals surface area (Å²) >= 11 is 0. The van der Waals surface area contributed by atoms with Gasteiger partial charge in [0.05, 0.1) is 14.2 Å². The molecule has 1 heterocycles. The fraction of sp³-hybridized carbons (Fsp3) is 0.312. The molecule has 1 aromatic carbocycles. The Morgan fingerprint density at radius 1 is 1.25 bits per heavy atom. The van der Waals surface area contributed by atoms with Crippen LogP contribution in [0.3, 0.4) is 0 Å². The Kier molecular flexibility index (Phi) is 5.41. The maximum absolute atomic E-state index is 12.1. The minimum atomic E-state index is -0.512. The molecule has 1 N–H and O–H groups in total. The lowest BCUT2D eigenvalue weighted by Crippen LogP contribution is -2.30. The molecule has 0 atom stereocenters. The molecule has 0 aliphatic carbocycles. The Bertz CT molecular complexity index is 698. The van der Waals surface area contributed by atoms with Gasteiger partial charge in [-0.05, 0) is 30.7 Å². The molecule has 1 aromatic rings. The fourth-order valence-corrected chi connectivity index (χ4v) is 2.11. The molecule has 1 saturated heterocycles. The van der Waals surface area contributed by atoms with E-state index in [-0.39, 0.29) is 18.2 Å². The molecule has 0 saturated carbocycles. The zero-order chi connectivity index (χ0) is 17.7. The number of ether oxygens (including phenoxy) is 3. The van der Waals surface area contributed by atoms with Crippen LogP contribution in [-0.4, -0.2) is 50.2 Å². The molecule has 2 rings (SSSR count). The van der Waals surface area contributed by atoms with Crippen molar-refractivity contribution in [2.45, 2.75) is 6.92 Å². The van der Waals surface area contributed by atoms with Gasteiger partial charge in [-0.2, -0.15) is 0 Å². The number of hydrogen-bond acceptors (Lipinski definition) is 6. The average molecular weight is 334 g/mol. The standard InChI is InChI=1S/C16H18N2O6/c1-4-18-15(20)11(17-16(18)21)7-10-5-6-12(13(8-10)22-2)24-9-14(19)23-3/h5-8H,4,9H2,1-3H3,(H,17,21)/b11-7+. The number of nitrogens with one attached hydrogen (secondary N) is 1. The first-order valence-corrected chi connectivity index (χ1v) is 7.22. The lowest BCUT2D eigenvalue weighted by Gasteiger charge is -2.10. The summed E-state index contributed by atoms with van der Waals surface area (Å²) in [7, 11) is 2.73. The number of esters is 1. The van der Waals surface area contributed by atoms with Crippen molar-refractivity contribution >= 4 is 24.0 Å². The largest absolute Gasteiger partial charge is 0.493 e. The van der Waals surface area contributed by atoms with Crippen LogP contribution in [0.15, 0.2) is 23.9 Å². The van der Waals surface area contributed by atoms with Gasteiger partial charge < -0.3 is 19.5 Å². The summed E-state index contributed by atoms with van der Waals surface area (Å²) in [6.45, 7) is 1.77. The van der Waals surface area contributed by atoms with Gasteiger partial charge in [0.25, 0.3) is 5.91 Å². The van der Waals surface area contributed by atoms with Crippen LogP contribution in [0.2, 0.25) is 0 Å². The highest BCUT2D eigenvalue weighted by molar-refractivity contribution is 6.13. The molecular weight excluding hydrogens is 316 g/mol. The third-order valence-electron chi connectivity index (χ3n) is 3.35. The van der Waals surface area contributed by atoms with Gasteiger partial charge in [0.2, 0.25) is 0 Å². The van der Waals surface area contributed by atoms with E-state index >= 15 is 0 Å². The van der Waals surface area contributed by atoms with Crippen LogP contribution in [0.25, 0.3) is 6.08 Å². The van der Waals surface area contributed by atoms with Crippen LogP contribution < -0.4 is 14.8 Å². The molecule has 0 aromatic heterocycles. The predicted octanol–water partition coefficient (Wildman–Crippen LogP) is 1.16. The summed E-state index contributed by atoms with van der Waals surface area (Å²) < 4.78 is 15.0. The van der Waals surface area contributed by atoms with Crippen LogP contribution in [0.5, 0.6) is 11.5 Å². The van der Waals surface area contributed by atoms with Crippen molar-refractivity contribution in [2.75, 3.05) is 27.4 Å². The molecule has 0 radical (unpaired) electrons. The van der Waals surface area contributed by atoms with E-state index in [1.165, 1.54) is 14.2 Å². The van der Waals surface area contributed by atoms with E-state index in [4.69, 9.17) is 9.47 Å². The molecule has 24 heavy (non-hydrogen) atoms. The van der Waals surface area contributed by atoms with Crippen molar-refractivity contribution in [3.63, 3.8) is 0 Å². The van der Waals surface area contributed by atoms with E-state index in [2.05, 4.69) is 10.1 Å². The van der Waals surface area contributed by atoms with E-state index in [1.54, 1.807) is 31.2 Å². The molecular formula is C16H18N2O6. The molecule has 3 amide bonds. The van der Waals surface area contributed by atoms with E-state index in [1.807, 2.05) is 0 Å². The van der Waals surface area contributed by atoms with Gasteiger partial charge in [-0.15, -0.1) is 0 Å². The summed E-state index contributed by atoms with van der Waals surface area (Å²) in [5.41, 5.74) is 0.825. The second-order valence-corrected chi connectivity index (χ2v) is 4.81. The zero-order valence-corrected chi connectivity index (χ0v) is 13.6. The van der Waals surface area contributed by atoms with Gasteiger partial charge in [0, 0.05) is 6.54 Å². The number of likely N-dealkylation sites (N-methyl/N-ethyl adjacent to an activating group) is 1. The maximum atomic E-state index is 12.1. The molecule has 0 bridgehead atoms. The van der Waals surface area contributed by atoms with E-state index < -0.39 is 12.0 Å². The number of imide groups is 1. The fourth-order valence-electron chi connectivity index (χ4n) is 2.11. The van der Waals surface area contributed by atoms with Crippen molar-refractivity contribution in [3.05, 3.63) is 29.5 Å². The number of benzene rings is 1. The van der Waals surface area contributed by atoms with E-state index in [0.717, 1.165) is 4.90 Å². The molecule has 0 spiro atoms. The summed E-state index contributed by atoms with van der Waals surface area (Å²) in [6.07, 6.45) is 1.54.